The zero-order valence-corrected chi connectivity index (χ0v) is 14.5. The van der Waals surface area contributed by atoms with Crippen LogP contribution in [0.1, 0.15) is 27.7 Å². The molecule has 0 aromatic heterocycles. The molecule has 0 spiro atoms. The zero-order chi connectivity index (χ0) is 18.2. The average Bonchev–Trinajstić information content (AvgIpc) is 2.47. The van der Waals surface area contributed by atoms with Crippen molar-refractivity contribution in [2.45, 2.75) is 38.9 Å². The summed E-state index contributed by atoms with van der Waals surface area (Å²) in [5, 5.41) is 27.7. The summed E-state index contributed by atoms with van der Waals surface area (Å²) in [6.07, 6.45) is 0. The van der Waals surface area contributed by atoms with Crippen LogP contribution in [-0.2, 0) is 0 Å². The summed E-state index contributed by atoms with van der Waals surface area (Å²) >= 11 is 0. The predicted molar refractivity (Wildman–Crippen MR) is 94.7 cm³/mol. The van der Waals surface area contributed by atoms with Gasteiger partial charge in [-0.05, 0) is 52.0 Å². The molecule has 2 aromatic carbocycles. The SMILES string of the molecule is CC(C)(O)C(C)(C)O.OB(Oc1ccccc1)Oc1ccccc1. The lowest BCUT2D eigenvalue weighted by Gasteiger charge is -2.31. The Morgan fingerprint density at radius 1 is 0.667 bits per heavy atom. The maximum absolute atomic E-state index is 9.51. The third-order valence-corrected chi connectivity index (χ3v) is 3.46. The summed E-state index contributed by atoms with van der Waals surface area (Å²) < 4.78 is 10.3. The Morgan fingerprint density at radius 3 is 1.21 bits per heavy atom. The van der Waals surface area contributed by atoms with Gasteiger partial charge in [-0.2, -0.15) is 0 Å². The minimum absolute atomic E-state index is 0.561. The van der Waals surface area contributed by atoms with E-state index in [4.69, 9.17) is 19.5 Å². The minimum Gasteiger partial charge on any atom is -0.501 e. The van der Waals surface area contributed by atoms with E-state index in [9.17, 15) is 5.02 Å². The van der Waals surface area contributed by atoms with Gasteiger partial charge in [0, 0.05) is 0 Å². The highest BCUT2D eigenvalue weighted by atomic mass is 16.7. The number of hydrogen-bond donors (Lipinski definition) is 3. The van der Waals surface area contributed by atoms with Gasteiger partial charge in [0.2, 0.25) is 0 Å². The van der Waals surface area contributed by atoms with E-state index in [1.807, 2.05) is 36.4 Å². The van der Waals surface area contributed by atoms with Crippen molar-refractivity contribution >= 4 is 7.32 Å². The van der Waals surface area contributed by atoms with E-state index >= 15 is 0 Å². The average molecular weight is 332 g/mol. The van der Waals surface area contributed by atoms with Crippen LogP contribution in [0.4, 0.5) is 0 Å². The summed E-state index contributed by atoms with van der Waals surface area (Å²) in [4.78, 5) is 0. The van der Waals surface area contributed by atoms with Gasteiger partial charge < -0.3 is 24.5 Å². The third-order valence-electron chi connectivity index (χ3n) is 3.46. The van der Waals surface area contributed by atoms with Gasteiger partial charge >= 0.3 is 7.32 Å². The number of benzene rings is 2. The number of rotatable bonds is 5. The van der Waals surface area contributed by atoms with Gasteiger partial charge in [-0.3, -0.25) is 0 Å². The van der Waals surface area contributed by atoms with Crippen LogP contribution in [0.5, 0.6) is 11.5 Å². The Morgan fingerprint density at radius 2 is 0.958 bits per heavy atom. The molecule has 0 atom stereocenters. The van der Waals surface area contributed by atoms with Gasteiger partial charge in [0.25, 0.3) is 0 Å². The first-order valence-corrected chi connectivity index (χ1v) is 7.66. The van der Waals surface area contributed by atoms with E-state index in [2.05, 4.69) is 0 Å². The van der Waals surface area contributed by atoms with Gasteiger partial charge in [-0.1, -0.05) is 36.4 Å². The molecule has 0 fully saturated rings. The summed E-state index contributed by atoms with van der Waals surface area (Å²) in [6, 6.07) is 18.0. The summed E-state index contributed by atoms with van der Waals surface area (Å²) in [6.45, 7) is 6.31. The van der Waals surface area contributed by atoms with Crippen LogP contribution in [-0.4, -0.2) is 33.8 Å². The van der Waals surface area contributed by atoms with E-state index < -0.39 is 18.5 Å². The summed E-state index contributed by atoms with van der Waals surface area (Å²) in [7, 11) is -1.30. The minimum atomic E-state index is -1.30. The van der Waals surface area contributed by atoms with Crippen LogP contribution in [0.15, 0.2) is 60.7 Å². The van der Waals surface area contributed by atoms with Gasteiger partial charge in [0.1, 0.15) is 11.5 Å². The molecule has 0 aliphatic heterocycles. The molecule has 0 saturated carbocycles. The van der Waals surface area contributed by atoms with Crippen molar-refractivity contribution in [1.29, 1.82) is 0 Å². The Bertz CT molecular complexity index is 522. The number of para-hydroxylation sites is 2. The Balaban J connectivity index is 0.000000307. The topological polar surface area (TPSA) is 79.2 Å². The molecular formula is C18H25BO5. The van der Waals surface area contributed by atoms with Gasteiger partial charge in [0.05, 0.1) is 11.2 Å². The van der Waals surface area contributed by atoms with Crippen molar-refractivity contribution in [3.05, 3.63) is 60.7 Å². The number of hydrogen-bond acceptors (Lipinski definition) is 5. The highest BCUT2D eigenvalue weighted by molar-refractivity contribution is 6.36. The fraction of sp³-hybridized carbons (Fsp3) is 0.333. The molecule has 2 aromatic rings. The first-order chi connectivity index (χ1) is 11.1. The van der Waals surface area contributed by atoms with Gasteiger partial charge in [-0.25, -0.2) is 0 Å². The molecular weight excluding hydrogens is 307 g/mol. The van der Waals surface area contributed by atoms with Crippen LogP contribution >= 0.6 is 0 Å². The Kier molecular flexibility index (Phi) is 7.29. The van der Waals surface area contributed by atoms with Crippen molar-refractivity contribution in [3.8, 4) is 11.5 Å². The molecule has 0 saturated heterocycles. The quantitative estimate of drug-likeness (QED) is 0.734. The maximum Gasteiger partial charge on any atom is 0.785 e. The molecule has 2 rings (SSSR count). The molecule has 130 valence electrons. The predicted octanol–water partition coefficient (Wildman–Crippen LogP) is 2.65. The maximum atomic E-state index is 9.51. The first kappa shape index (κ1) is 20.0. The Hall–Kier alpha value is -2.02. The normalized spacial score (nSPS) is 11.1. The summed E-state index contributed by atoms with van der Waals surface area (Å²) in [5.41, 5.74) is -2.01. The second kappa shape index (κ2) is 8.73. The lowest BCUT2D eigenvalue weighted by Crippen LogP contribution is -2.44. The van der Waals surface area contributed by atoms with Crippen molar-refractivity contribution in [3.63, 3.8) is 0 Å². The summed E-state index contributed by atoms with van der Waals surface area (Å²) in [5.74, 6) is 1.12. The third kappa shape index (κ3) is 7.50. The van der Waals surface area contributed by atoms with E-state index in [-0.39, 0.29) is 0 Å². The van der Waals surface area contributed by atoms with Crippen molar-refractivity contribution in [2.75, 3.05) is 0 Å². The smallest absolute Gasteiger partial charge is 0.501 e. The van der Waals surface area contributed by atoms with E-state index in [0.29, 0.717) is 11.5 Å². The largest absolute Gasteiger partial charge is 0.785 e. The lowest BCUT2D eigenvalue weighted by molar-refractivity contribution is -0.107. The van der Waals surface area contributed by atoms with Crippen molar-refractivity contribution in [2.24, 2.45) is 0 Å². The van der Waals surface area contributed by atoms with E-state index in [0.717, 1.165) is 0 Å². The highest BCUT2D eigenvalue weighted by Crippen LogP contribution is 2.19. The molecule has 0 heterocycles. The molecule has 24 heavy (non-hydrogen) atoms. The molecule has 3 N–H and O–H groups in total. The molecule has 0 bridgehead atoms. The molecule has 0 radical (unpaired) electrons. The molecule has 5 nitrogen and oxygen atoms in total. The standard InChI is InChI=1S/C12H11BO3.C6H14O2/c14-13(15-11-7-3-1-4-8-11)16-12-9-5-2-6-10-12;1-5(2,7)6(3,4)8/h1-10,14H;7-8H,1-4H3. The lowest BCUT2D eigenvalue weighted by atomic mass is 9.90. The Labute approximate surface area is 143 Å². The second-order valence-corrected chi connectivity index (χ2v) is 6.29. The molecule has 0 aliphatic carbocycles. The van der Waals surface area contributed by atoms with Crippen LogP contribution in [0.25, 0.3) is 0 Å². The molecule has 0 amide bonds. The first-order valence-electron chi connectivity index (χ1n) is 7.66. The second-order valence-electron chi connectivity index (χ2n) is 6.29. The fourth-order valence-corrected chi connectivity index (χ4v) is 1.26. The van der Waals surface area contributed by atoms with Crippen LogP contribution in [0, 0.1) is 0 Å². The van der Waals surface area contributed by atoms with E-state index in [1.54, 1.807) is 52.0 Å². The monoisotopic (exact) mass is 332 g/mol. The van der Waals surface area contributed by atoms with Gasteiger partial charge in [-0.15, -0.1) is 0 Å². The van der Waals surface area contributed by atoms with Crippen LogP contribution in [0.3, 0.4) is 0 Å². The van der Waals surface area contributed by atoms with E-state index in [1.165, 1.54) is 0 Å². The van der Waals surface area contributed by atoms with Crippen LogP contribution in [0.2, 0.25) is 0 Å². The van der Waals surface area contributed by atoms with Crippen LogP contribution < -0.4 is 9.31 Å². The molecule has 6 heteroatoms. The molecule has 0 aliphatic rings. The highest BCUT2D eigenvalue weighted by Gasteiger charge is 2.31. The zero-order valence-electron chi connectivity index (χ0n) is 14.5. The fourth-order valence-electron chi connectivity index (χ4n) is 1.26. The molecule has 0 unspecified atom stereocenters. The van der Waals surface area contributed by atoms with Crippen molar-refractivity contribution in [1.82, 2.24) is 0 Å². The van der Waals surface area contributed by atoms with Crippen molar-refractivity contribution < 1.29 is 24.5 Å². The van der Waals surface area contributed by atoms with Gasteiger partial charge in [0.15, 0.2) is 0 Å². The number of aliphatic hydroxyl groups is 2.